The van der Waals surface area contributed by atoms with E-state index in [2.05, 4.69) is 0 Å². The molecule has 0 aromatic heterocycles. The molecule has 0 radical (unpaired) electrons. The maximum atomic E-state index is 12.0. The molecular weight excluding hydrogens is 201 g/mol. The third-order valence-electron chi connectivity index (χ3n) is 1.41. The number of nitrogens with zero attached hydrogens (tertiary/aromatic N) is 1. The van der Waals surface area contributed by atoms with Gasteiger partial charge in [0.05, 0.1) is 6.61 Å². The average molecular weight is 221 g/mol. The normalized spacial score (nSPS) is 15.7. The van der Waals surface area contributed by atoms with Crippen LogP contribution in [0.3, 0.4) is 0 Å². The van der Waals surface area contributed by atoms with E-state index in [-0.39, 0.29) is 6.35 Å². The van der Waals surface area contributed by atoms with Gasteiger partial charge in [0.2, 0.25) is 0 Å². The van der Waals surface area contributed by atoms with Gasteiger partial charge >= 0.3 is 0 Å². The maximum absolute atomic E-state index is 12.0. The van der Waals surface area contributed by atoms with Crippen molar-refractivity contribution in [3.8, 4) is 0 Å². The number of hydrogen-bond acceptors (Lipinski definition) is 4. The van der Waals surface area contributed by atoms with Crippen LogP contribution < -0.4 is 0 Å². The Morgan fingerprint density at radius 2 is 1.93 bits per heavy atom. The van der Waals surface area contributed by atoms with Crippen LogP contribution in [0.25, 0.3) is 0 Å². The number of hydrogen-bond donors (Lipinski definition) is 0. The van der Waals surface area contributed by atoms with Crippen LogP contribution in [-0.4, -0.2) is 38.6 Å². The zero-order valence-electron chi connectivity index (χ0n) is 9.40. The van der Waals surface area contributed by atoms with Crippen molar-refractivity contribution in [1.29, 1.82) is 0 Å². The van der Waals surface area contributed by atoms with E-state index in [1.54, 1.807) is 12.0 Å². The van der Waals surface area contributed by atoms with Gasteiger partial charge in [-0.15, -0.1) is 0 Å². The Hall–Kier alpha value is -0.310. The quantitative estimate of drug-likeness (QED) is 0.618. The molecule has 1 atom stereocenters. The van der Waals surface area contributed by atoms with Crippen molar-refractivity contribution in [2.45, 2.75) is 13.8 Å². The molecule has 84 valence electrons. The highest BCUT2D eigenvalue weighted by Crippen LogP contribution is 2.48. The first-order chi connectivity index (χ1) is 6.54. The Balaban J connectivity index is 4.30. The van der Waals surface area contributed by atoms with Crippen molar-refractivity contribution < 1.29 is 13.8 Å². The Kier molecular flexibility index (Phi) is 6.89. The van der Waals surface area contributed by atoms with Gasteiger partial charge < -0.3 is 14.2 Å². The van der Waals surface area contributed by atoms with Gasteiger partial charge in [-0.05, 0) is 13.8 Å². The summed E-state index contributed by atoms with van der Waals surface area (Å²) in [6.07, 6.45) is 1.89. The van der Waals surface area contributed by atoms with Gasteiger partial charge in [0.1, 0.15) is 6.35 Å². The molecule has 0 aliphatic carbocycles. The van der Waals surface area contributed by atoms with E-state index in [4.69, 9.17) is 9.26 Å². The molecule has 5 heteroatoms. The van der Waals surface area contributed by atoms with Gasteiger partial charge in [-0.1, -0.05) is 0 Å². The Labute approximate surface area is 86.3 Å². The van der Waals surface area contributed by atoms with E-state index in [9.17, 15) is 4.57 Å². The van der Waals surface area contributed by atoms with Gasteiger partial charge in [-0.25, -0.2) is 0 Å². The average Bonchev–Trinajstić information content (AvgIpc) is 2.13. The SMILES string of the molecule is CCOC[P@](=O)(/C=C/N(C)C)OCC. The molecular formula is C9H20NO3P. The molecule has 0 saturated heterocycles. The lowest BCUT2D eigenvalue weighted by Gasteiger charge is -2.14. The fourth-order valence-corrected chi connectivity index (χ4v) is 2.39. The molecule has 0 aromatic rings. The van der Waals surface area contributed by atoms with Gasteiger partial charge in [-0.3, -0.25) is 4.57 Å². The highest BCUT2D eigenvalue weighted by atomic mass is 31.2. The third-order valence-corrected chi connectivity index (χ3v) is 3.24. The molecule has 0 bridgehead atoms. The lowest BCUT2D eigenvalue weighted by atomic mass is 10.9. The minimum atomic E-state index is -2.73. The van der Waals surface area contributed by atoms with E-state index in [0.717, 1.165) is 0 Å². The number of ether oxygens (including phenoxy) is 1. The first kappa shape index (κ1) is 13.7. The largest absolute Gasteiger partial charge is 0.383 e. The van der Waals surface area contributed by atoms with Gasteiger partial charge in [0.25, 0.3) is 7.37 Å². The van der Waals surface area contributed by atoms with Crippen LogP contribution in [0.1, 0.15) is 13.8 Å². The molecule has 0 fully saturated rings. The van der Waals surface area contributed by atoms with Crippen LogP contribution in [0.15, 0.2) is 12.0 Å². The molecule has 0 heterocycles. The van der Waals surface area contributed by atoms with E-state index >= 15 is 0 Å². The fourth-order valence-electron chi connectivity index (χ4n) is 0.795. The molecule has 14 heavy (non-hydrogen) atoms. The lowest BCUT2D eigenvalue weighted by molar-refractivity contribution is 0.177. The second kappa shape index (κ2) is 7.04. The highest BCUT2D eigenvalue weighted by molar-refractivity contribution is 7.62. The summed E-state index contributed by atoms with van der Waals surface area (Å²) in [5.74, 6) is 1.59. The van der Waals surface area contributed by atoms with Crippen LogP contribution in [0.4, 0.5) is 0 Å². The zero-order chi connectivity index (χ0) is 11.0. The number of rotatable bonds is 7. The monoisotopic (exact) mass is 221 g/mol. The zero-order valence-corrected chi connectivity index (χ0v) is 10.3. The maximum Gasteiger partial charge on any atom is 0.251 e. The lowest BCUT2D eigenvalue weighted by Crippen LogP contribution is -2.02. The van der Waals surface area contributed by atoms with Gasteiger partial charge in [-0.2, -0.15) is 0 Å². The Morgan fingerprint density at radius 1 is 1.29 bits per heavy atom. The van der Waals surface area contributed by atoms with Crippen LogP contribution in [-0.2, 0) is 13.8 Å². The van der Waals surface area contributed by atoms with Crippen molar-refractivity contribution in [3.05, 3.63) is 12.0 Å². The minimum Gasteiger partial charge on any atom is -0.383 e. The Bertz CT molecular complexity index is 216. The van der Waals surface area contributed by atoms with Crippen molar-refractivity contribution in [3.63, 3.8) is 0 Å². The van der Waals surface area contributed by atoms with Crippen LogP contribution in [0.2, 0.25) is 0 Å². The topological polar surface area (TPSA) is 38.8 Å². The molecule has 0 aliphatic heterocycles. The predicted molar refractivity (Wildman–Crippen MR) is 58.6 cm³/mol. The van der Waals surface area contributed by atoms with Crippen molar-refractivity contribution in [1.82, 2.24) is 4.90 Å². The Morgan fingerprint density at radius 3 is 2.36 bits per heavy atom. The fraction of sp³-hybridized carbons (Fsp3) is 0.778. The summed E-state index contributed by atoms with van der Waals surface area (Å²) in [7, 11) is 1.00. The molecule has 0 aromatic carbocycles. The summed E-state index contributed by atoms with van der Waals surface area (Å²) in [5, 5.41) is 0. The molecule has 4 nitrogen and oxygen atoms in total. The first-order valence-corrected chi connectivity index (χ1v) is 6.58. The van der Waals surface area contributed by atoms with Crippen molar-refractivity contribution in [2.75, 3.05) is 33.7 Å². The van der Waals surface area contributed by atoms with Crippen molar-refractivity contribution >= 4 is 7.37 Å². The molecule has 0 saturated carbocycles. The second-order valence-electron chi connectivity index (χ2n) is 3.03. The summed E-state index contributed by atoms with van der Waals surface area (Å²) in [6.45, 7) is 4.67. The van der Waals surface area contributed by atoms with E-state index in [0.29, 0.717) is 13.2 Å². The summed E-state index contributed by atoms with van der Waals surface area (Å²) in [6, 6.07) is 0. The molecule has 0 rings (SSSR count). The van der Waals surface area contributed by atoms with E-state index in [1.807, 2.05) is 32.8 Å². The summed E-state index contributed by atoms with van der Waals surface area (Å²) in [4.78, 5) is 1.82. The summed E-state index contributed by atoms with van der Waals surface area (Å²) >= 11 is 0. The van der Waals surface area contributed by atoms with Gasteiger partial charge in [0.15, 0.2) is 0 Å². The predicted octanol–water partition coefficient (Wildman–Crippen LogP) is 2.33. The second-order valence-corrected chi connectivity index (χ2v) is 5.29. The molecule has 0 unspecified atom stereocenters. The van der Waals surface area contributed by atoms with Crippen LogP contribution in [0, 0.1) is 0 Å². The molecule has 0 spiro atoms. The molecule has 0 N–H and O–H groups in total. The summed E-state index contributed by atoms with van der Waals surface area (Å²) < 4.78 is 22.3. The minimum absolute atomic E-state index is 0.154. The highest BCUT2D eigenvalue weighted by Gasteiger charge is 2.18. The van der Waals surface area contributed by atoms with Crippen molar-refractivity contribution in [2.24, 2.45) is 0 Å². The van der Waals surface area contributed by atoms with Crippen LogP contribution >= 0.6 is 7.37 Å². The van der Waals surface area contributed by atoms with E-state index in [1.165, 1.54) is 0 Å². The first-order valence-electron chi connectivity index (χ1n) is 4.71. The smallest absolute Gasteiger partial charge is 0.251 e. The molecule has 0 aliphatic rings. The molecule has 0 amide bonds. The third kappa shape index (κ3) is 6.19. The van der Waals surface area contributed by atoms with Crippen LogP contribution in [0.5, 0.6) is 0 Å². The van der Waals surface area contributed by atoms with Gasteiger partial charge in [0, 0.05) is 32.7 Å². The summed E-state index contributed by atoms with van der Waals surface area (Å²) in [5.41, 5.74) is 0. The standard InChI is InChI=1S/C9H20NO3P/c1-5-12-9-14(11,13-6-2)8-7-10(3)4/h7-8H,5-6,9H2,1-4H3/b8-7+/t14-/m0/s1. The van der Waals surface area contributed by atoms with E-state index < -0.39 is 7.37 Å².